The van der Waals surface area contributed by atoms with Gasteiger partial charge in [-0.3, -0.25) is 4.98 Å². The highest BCUT2D eigenvalue weighted by Gasteiger charge is 1.98. The van der Waals surface area contributed by atoms with Crippen molar-refractivity contribution in [1.82, 2.24) is 4.98 Å². The fourth-order valence-corrected chi connectivity index (χ4v) is 1.72. The van der Waals surface area contributed by atoms with Crippen molar-refractivity contribution in [2.24, 2.45) is 0 Å². The van der Waals surface area contributed by atoms with Crippen LogP contribution in [0.5, 0.6) is 0 Å². The fraction of sp³-hybridized carbons (Fsp3) is 0.214. The number of hydrogen-bond acceptors (Lipinski definition) is 3. The van der Waals surface area contributed by atoms with Gasteiger partial charge in [0.05, 0.1) is 0 Å². The van der Waals surface area contributed by atoms with Crippen molar-refractivity contribution in [2.45, 2.75) is 13.3 Å². The molecule has 0 aliphatic rings. The van der Waals surface area contributed by atoms with Crippen LogP contribution >= 0.6 is 0 Å². The van der Waals surface area contributed by atoms with E-state index in [1.54, 1.807) is 0 Å². The molecule has 0 saturated carbocycles. The van der Waals surface area contributed by atoms with Crippen LogP contribution in [0.4, 0.5) is 11.4 Å². The molecule has 0 aliphatic heterocycles. The summed E-state index contributed by atoms with van der Waals surface area (Å²) in [4.78, 5) is 4.00. The van der Waals surface area contributed by atoms with Crippen molar-refractivity contribution in [1.29, 1.82) is 0 Å². The van der Waals surface area contributed by atoms with Gasteiger partial charge in [0.25, 0.3) is 0 Å². The number of nitrogen functional groups attached to an aromatic ring is 1. The van der Waals surface area contributed by atoms with E-state index in [0.717, 1.165) is 24.3 Å². The molecular weight excluding hydrogens is 210 g/mol. The normalized spacial score (nSPS) is 10.2. The van der Waals surface area contributed by atoms with Gasteiger partial charge in [-0.25, -0.2) is 0 Å². The molecule has 2 aromatic rings. The summed E-state index contributed by atoms with van der Waals surface area (Å²) in [5.74, 6) is 0. The third kappa shape index (κ3) is 3.21. The minimum atomic E-state index is 0.794. The second-order valence-electron chi connectivity index (χ2n) is 4.11. The average Bonchev–Trinajstić information content (AvgIpc) is 2.35. The molecule has 3 N–H and O–H groups in total. The van der Waals surface area contributed by atoms with Crippen LogP contribution in [0.25, 0.3) is 0 Å². The molecule has 1 aromatic carbocycles. The quantitative estimate of drug-likeness (QED) is 0.789. The maximum Gasteiger partial charge on any atom is 0.0390 e. The molecule has 0 spiro atoms. The predicted octanol–water partition coefficient (Wildman–Crippen LogP) is 2.63. The smallest absolute Gasteiger partial charge is 0.0390 e. The van der Waals surface area contributed by atoms with Gasteiger partial charge in [-0.2, -0.15) is 0 Å². The molecule has 0 unspecified atom stereocenters. The number of hydrogen-bond donors (Lipinski definition) is 2. The summed E-state index contributed by atoms with van der Waals surface area (Å²) < 4.78 is 0. The fourth-order valence-electron chi connectivity index (χ4n) is 1.72. The Morgan fingerprint density at radius 1 is 1.18 bits per heavy atom. The molecule has 0 radical (unpaired) electrons. The van der Waals surface area contributed by atoms with E-state index in [1.807, 2.05) is 42.7 Å². The largest absolute Gasteiger partial charge is 0.399 e. The topological polar surface area (TPSA) is 50.9 Å². The monoisotopic (exact) mass is 227 g/mol. The van der Waals surface area contributed by atoms with Gasteiger partial charge in [0.2, 0.25) is 0 Å². The Morgan fingerprint density at radius 2 is 1.94 bits per heavy atom. The van der Waals surface area contributed by atoms with Crippen molar-refractivity contribution in [2.75, 3.05) is 17.6 Å². The van der Waals surface area contributed by atoms with Crippen molar-refractivity contribution < 1.29 is 0 Å². The summed E-state index contributed by atoms with van der Waals surface area (Å²) >= 11 is 0. The van der Waals surface area contributed by atoms with Gasteiger partial charge < -0.3 is 11.1 Å². The van der Waals surface area contributed by atoms with Gasteiger partial charge in [0.15, 0.2) is 0 Å². The van der Waals surface area contributed by atoms with Crippen LogP contribution in [0.3, 0.4) is 0 Å². The molecule has 0 aliphatic carbocycles. The zero-order chi connectivity index (χ0) is 12.1. The number of benzene rings is 1. The molecule has 0 fully saturated rings. The van der Waals surface area contributed by atoms with E-state index in [-0.39, 0.29) is 0 Å². The van der Waals surface area contributed by atoms with Crippen LogP contribution in [0.1, 0.15) is 11.1 Å². The zero-order valence-electron chi connectivity index (χ0n) is 9.98. The summed E-state index contributed by atoms with van der Waals surface area (Å²) in [6, 6.07) is 10.00. The van der Waals surface area contributed by atoms with Gasteiger partial charge in [-0.05, 0) is 48.7 Å². The first-order chi connectivity index (χ1) is 8.25. The molecule has 0 bridgehead atoms. The Labute approximate surface area is 102 Å². The number of aromatic nitrogens is 1. The summed E-state index contributed by atoms with van der Waals surface area (Å²) in [6.07, 6.45) is 4.62. The van der Waals surface area contributed by atoms with Crippen LogP contribution < -0.4 is 11.1 Å². The molecule has 0 amide bonds. The molecule has 3 nitrogen and oxygen atoms in total. The van der Waals surface area contributed by atoms with Crippen molar-refractivity contribution in [3.63, 3.8) is 0 Å². The number of rotatable bonds is 4. The number of nitrogens with one attached hydrogen (secondary N) is 1. The van der Waals surface area contributed by atoms with E-state index < -0.39 is 0 Å². The minimum Gasteiger partial charge on any atom is -0.399 e. The van der Waals surface area contributed by atoms with E-state index in [1.165, 1.54) is 11.1 Å². The lowest BCUT2D eigenvalue weighted by molar-refractivity contribution is 1.01. The van der Waals surface area contributed by atoms with E-state index in [4.69, 9.17) is 5.73 Å². The Bertz CT molecular complexity index is 480. The van der Waals surface area contributed by atoms with Crippen LogP contribution in [0.15, 0.2) is 42.7 Å². The van der Waals surface area contributed by atoms with Gasteiger partial charge in [0, 0.05) is 30.3 Å². The Kier molecular flexibility index (Phi) is 3.60. The van der Waals surface area contributed by atoms with Gasteiger partial charge in [-0.1, -0.05) is 6.07 Å². The Balaban J connectivity index is 1.92. The summed E-state index contributed by atoms with van der Waals surface area (Å²) in [6.45, 7) is 2.97. The second-order valence-corrected chi connectivity index (χ2v) is 4.11. The third-order valence-corrected chi connectivity index (χ3v) is 2.74. The average molecular weight is 227 g/mol. The predicted molar refractivity (Wildman–Crippen MR) is 72.0 cm³/mol. The van der Waals surface area contributed by atoms with Gasteiger partial charge in [-0.15, -0.1) is 0 Å². The van der Waals surface area contributed by atoms with Crippen molar-refractivity contribution in [3.8, 4) is 0 Å². The number of nitrogens with zero attached hydrogens (tertiary/aromatic N) is 1. The first-order valence-electron chi connectivity index (χ1n) is 5.74. The first kappa shape index (κ1) is 11.5. The highest BCUT2D eigenvalue weighted by molar-refractivity contribution is 5.59. The second kappa shape index (κ2) is 5.34. The lowest BCUT2D eigenvalue weighted by atomic mass is 10.1. The zero-order valence-corrected chi connectivity index (χ0v) is 9.98. The van der Waals surface area contributed by atoms with Crippen LogP contribution in [-0.2, 0) is 6.42 Å². The van der Waals surface area contributed by atoms with Crippen LogP contribution in [0.2, 0.25) is 0 Å². The molecule has 1 aromatic heterocycles. The lowest BCUT2D eigenvalue weighted by Crippen LogP contribution is -2.06. The SMILES string of the molecule is Cc1ccc(N)cc1NCCc1ccncc1. The van der Waals surface area contributed by atoms with E-state index in [2.05, 4.69) is 17.2 Å². The molecule has 1 heterocycles. The van der Waals surface area contributed by atoms with E-state index in [0.29, 0.717) is 0 Å². The molecule has 2 rings (SSSR count). The maximum atomic E-state index is 5.76. The summed E-state index contributed by atoms with van der Waals surface area (Å²) in [5, 5.41) is 3.40. The molecule has 0 atom stereocenters. The van der Waals surface area contributed by atoms with Crippen LogP contribution in [0, 0.1) is 6.92 Å². The third-order valence-electron chi connectivity index (χ3n) is 2.74. The highest BCUT2D eigenvalue weighted by atomic mass is 14.9. The molecule has 88 valence electrons. The van der Waals surface area contributed by atoms with Crippen molar-refractivity contribution in [3.05, 3.63) is 53.9 Å². The van der Waals surface area contributed by atoms with E-state index >= 15 is 0 Å². The van der Waals surface area contributed by atoms with Gasteiger partial charge in [0.1, 0.15) is 0 Å². The van der Waals surface area contributed by atoms with Crippen LogP contribution in [-0.4, -0.2) is 11.5 Å². The molecular formula is C14H17N3. The lowest BCUT2D eigenvalue weighted by Gasteiger charge is -2.10. The Hall–Kier alpha value is -2.03. The van der Waals surface area contributed by atoms with Crippen molar-refractivity contribution >= 4 is 11.4 Å². The van der Waals surface area contributed by atoms with E-state index in [9.17, 15) is 0 Å². The van der Waals surface area contributed by atoms with Gasteiger partial charge >= 0.3 is 0 Å². The summed E-state index contributed by atoms with van der Waals surface area (Å²) in [5.41, 5.74) is 10.2. The number of anilines is 2. The number of aryl methyl sites for hydroxylation is 1. The Morgan fingerprint density at radius 3 is 2.71 bits per heavy atom. The molecule has 0 saturated heterocycles. The maximum absolute atomic E-state index is 5.76. The highest BCUT2D eigenvalue weighted by Crippen LogP contribution is 2.17. The number of nitrogens with two attached hydrogens (primary N) is 1. The first-order valence-corrected chi connectivity index (χ1v) is 5.74. The number of pyridine rings is 1. The summed E-state index contributed by atoms with van der Waals surface area (Å²) in [7, 11) is 0. The molecule has 3 heteroatoms. The standard InChI is InChI=1S/C14H17N3/c1-11-2-3-13(15)10-14(11)17-9-6-12-4-7-16-8-5-12/h2-5,7-8,10,17H,6,9,15H2,1H3. The minimum absolute atomic E-state index is 0.794. The molecule has 17 heavy (non-hydrogen) atoms.